The Morgan fingerprint density at radius 3 is 1.77 bits per heavy atom. The van der Waals surface area contributed by atoms with Crippen LogP contribution in [0.5, 0.6) is 0 Å². The number of rotatable bonds is 10. The second-order valence-corrected chi connectivity index (χ2v) is 9.33. The van der Waals surface area contributed by atoms with Crippen molar-refractivity contribution >= 4 is 7.60 Å². The van der Waals surface area contributed by atoms with Gasteiger partial charge in [0, 0.05) is 27.3 Å². The summed E-state index contributed by atoms with van der Waals surface area (Å²) in [5.74, 6) is -0.674. The van der Waals surface area contributed by atoms with Crippen LogP contribution in [0.4, 0.5) is 0 Å². The van der Waals surface area contributed by atoms with E-state index in [1.807, 2.05) is 95.9 Å². The van der Waals surface area contributed by atoms with Crippen LogP contribution in [0.3, 0.4) is 0 Å². The van der Waals surface area contributed by atoms with E-state index < -0.39 is 19.5 Å². The largest absolute Gasteiger partial charge is 0.387 e. The Hall–Kier alpha value is -2.27. The van der Waals surface area contributed by atoms with Gasteiger partial charge >= 0.3 is 7.60 Å². The van der Waals surface area contributed by atoms with E-state index in [-0.39, 0.29) is 6.54 Å². The van der Waals surface area contributed by atoms with E-state index in [0.29, 0.717) is 6.54 Å². The molecule has 2 atom stereocenters. The third-order valence-electron chi connectivity index (χ3n) is 5.07. The molecule has 0 aliphatic heterocycles. The number of benzene rings is 3. The number of aliphatic hydroxyl groups is 1. The second-order valence-electron chi connectivity index (χ2n) is 7.03. The second kappa shape index (κ2) is 10.7. The predicted molar refractivity (Wildman–Crippen MR) is 119 cm³/mol. The summed E-state index contributed by atoms with van der Waals surface area (Å²) in [6, 6.07) is 28.9. The van der Waals surface area contributed by atoms with Gasteiger partial charge in [-0.15, -0.1) is 0 Å². The molecular formula is C24H28NO4P. The summed E-state index contributed by atoms with van der Waals surface area (Å²) in [5, 5.41) is 11.0. The van der Waals surface area contributed by atoms with Crippen LogP contribution in [-0.4, -0.2) is 30.8 Å². The Labute approximate surface area is 178 Å². The molecule has 0 aromatic heterocycles. The molecule has 0 saturated heterocycles. The fourth-order valence-electron chi connectivity index (χ4n) is 3.56. The maximum absolute atomic E-state index is 13.6. The van der Waals surface area contributed by atoms with Crippen molar-refractivity contribution in [3.05, 3.63) is 108 Å². The fourth-order valence-corrected chi connectivity index (χ4v) is 5.23. The molecule has 0 unspecified atom stereocenters. The van der Waals surface area contributed by atoms with Crippen LogP contribution in [0, 0.1) is 0 Å². The Morgan fingerprint density at radius 2 is 1.27 bits per heavy atom. The summed E-state index contributed by atoms with van der Waals surface area (Å²) < 4.78 is 24.5. The maximum Gasteiger partial charge on any atom is 0.351 e. The molecule has 0 saturated carbocycles. The first kappa shape index (κ1) is 22.4. The third kappa shape index (κ3) is 5.45. The molecule has 1 N–H and O–H groups in total. The first-order chi connectivity index (χ1) is 14.6. The molecule has 0 bridgehead atoms. The highest BCUT2D eigenvalue weighted by molar-refractivity contribution is 7.54. The molecule has 0 spiro atoms. The molecule has 3 aromatic carbocycles. The summed E-state index contributed by atoms with van der Waals surface area (Å²) >= 11 is 0. The molecule has 30 heavy (non-hydrogen) atoms. The van der Waals surface area contributed by atoms with Crippen molar-refractivity contribution < 1.29 is 18.7 Å². The first-order valence-electron chi connectivity index (χ1n) is 9.84. The molecule has 3 rings (SSSR count). The average Bonchev–Trinajstić information content (AvgIpc) is 2.81. The monoisotopic (exact) mass is 425 g/mol. The highest BCUT2D eigenvalue weighted by Gasteiger charge is 2.40. The molecule has 6 heteroatoms. The minimum atomic E-state index is -3.54. The van der Waals surface area contributed by atoms with Gasteiger partial charge in [0.25, 0.3) is 0 Å². The van der Waals surface area contributed by atoms with E-state index in [1.54, 1.807) is 0 Å². The van der Waals surface area contributed by atoms with E-state index in [1.165, 1.54) is 14.2 Å². The Morgan fingerprint density at radius 1 is 0.800 bits per heavy atom. The van der Waals surface area contributed by atoms with E-state index in [4.69, 9.17) is 9.05 Å². The van der Waals surface area contributed by atoms with Crippen molar-refractivity contribution in [2.24, 2.45) is 0 Å². The molecule has 0 aliphatic rings. The van der Waals surface area contributed by atoms with Crippen molar-refractivity contribution in [3.8, 4) is 0 Å². The van der Waals surface area contributed by atoms with Gasteiger partial charge in [-0.1, -0.05) is 91.0 Å². The Bertz CT molecular complexity index is 929. The minimum absolute atomic E-state index is 0.259. The van der Waals surface area contributed by atoms with Crippen molar-refractivity contribution in [2.45, 2.75) is 18.4 Å². The number of hydrogen-bond acceptors (Lipinski definition) is 5. The quantitative estimate of drug-likeness (QED) is 0.440. The predicted octanol–water partition coefficient (Wildman–Crippen LogP) is 5.41. The zero-order valence-electron chi connectivity index (χ0n) is 17.3. The summed E-state index contributed by atoms with van der Waals surface area (Å²) in [5.41, 5.74) is 2.64. The average molecular weight is 425 g/mol. The van der Waals surface area contributed by atoms with Gasteiger partial charge in [-0.3, -0.25) is 9.46 Å². The zero-order chi connectivity index (χ0) is 21.4. The Balaban J connectivity index is 2.03. The molecule has 3 aromatic rings. The van der Waals surface area contributed by atoms with Crippen molar-refractivity contribution in [3.63, 3.8) is 0 Å². The lowest BCUT2D eigenvalue weighted by molar-refractivity contribution is 0.0900. The van der Waals surface area contributed by atoms with Crippen LogP contribution in [-0.2, 0) is 20.2 Å². The highest BCUT2D eigenvalue weighted by atomic mass is 31.2. The van der Waals surface area contributed by atoms with Gasteiger partial charge in [0.15, 0.2) is 0 Å². The maximum atomic E-state index is 13.6. The normalized spacial score (nSPS) is 13.9. The van der Waals surface area contributed by atoms with Crippen molar-refractivity contribution in [2.75, 3.05) is 20.8 Å². The number of nitrogens with zero attached hydrogens (tertiary/aromatic N) is 1. The molecular weight excluding hydrogens is 397 g/mol. The smallest absolute Gasteiger partial charge is 0.351 e. The summed E-state index contributed by atoms with van der Waals surface area (Å²) in [6.07, 6.45) is -0.761. The van der Waals surface area contributed by atoms with Crippen LogP contribution in [0.2, 0.25) is 0 Å². The van der Waals surface area contributed by atoms with Crippen LogP contribution in [0.1, 0.15) is 28.6 Å². The van der Waals surface area contributed by atoms with E-state index in [2.05, 4.69) is 0 Å². The zero-order valence-corrected chi connectivity index (χ0v) is 18.2. The molecule has 0 fully saturated rings. The highest BCUT2D eigenvalue weighted by Crippen LogP contribution is 2.61. The molecule has 0 heterocycles. The molecule has 0 amide bonds. The number of aliphatic hydroxyl groups excluding tert-OH is 1. The lowest BCUT2D eigenvalue weighted by atomic mass is 10.1. The standard InChI is InChI=1S/C24H28NO4P/c1-28-30(27,29-2)24(22-16-10-5-11-17-22)25(18-20-12-6-3-7-13-20)19-23(26)21-14-8-4-9-15-21/h3-17,23-24,26H,18-19H2,1-2H3/t23-,24-/m1/s1. The van der Waals surface area contributed by atoms with Gasteiger partial charge in [0.1, 0.15) is 5.78 Å². The van der Waals surface area contributed by atoms with Gasteiger partial charge < -0.3 is 14.2 Å². The summed E-state index contributed by atoms with van der Waals surface area (Å²) in [6.45, 7) is 0.732. The van der Waals surface area contributed by atoms with Gasteiger partial charge in [-0.2, -0.15) is 0 Å². The van der Waals surface area contributed by atoms with Gasteiger partial charge in [-0.05, 0) is 16.7 Å². The van der Waals surface area contributed by atoms with Crippen molar-refractivity contribution in [1.29, 1.82) is 0 Å². The van der Waals surface area contributed by atoms with Crippen LogP contribution >= 0.6 is 7.60 Å². The van der Waals surface area contributed by atoms with Crippen LogP contribution in [0.25, 0.3) is 0 Å². The third-order valence-corrected chi connectivity index (χ3v) is 7.31. The minimum Gasteiger partial charge on any atom is -0.387 e. The van der Waals surface area contributed by atoms with E-state index in [9.17, 15) is 9.67 Å². The SMILES string of the molecule is COP(=O)(OC)[C@H](c1ccccc1)N(Cc1ccccc1)C[C@@H](O)c1ccccc1. The van der Waals surface area contributed by atoms with Crippen LogP contribution < -0.4 is 0 Å². The van der Waals surface area contributed by atoms with Gasteiger partial charge in [0.2, 0.25) is 0 Å². The Kier molecular flexibility index (Phi) is 7.97. The van der Waals surface area contributed by atoms with Gasteiger partial charge in [-0.25, -0.2) is 0 Å². The fraction of sp³-hybridized carbons (Fsp3) is 0.250. The molecule has 0 radical (unpaired) electrons. The van der Waals surface area contributed by atoms with Crippen LogP contribution in [0.15, 0.2) is 91.0 Å². The molecule has 158 valence electrons. The molecule has 0 aliphatic carbocycles. The van der Waals surface area contributed by atoms with E-state index in [0.717, 1.165) is 16.7 Å². The van der Waals surface area contributed by atoms with E-state index >= 15 is 0 Å². The number of hydrogen-bond donors (Lipinski definition) is 1. The van der Waals surface area contributed by atoms with Gasteiger partial charge in [0.05, 0.1) is 6.10 Å². The molecule has 5 nitrogen and oxygen atoms in total. The lowest BCUT2D eigenvalue weighted by Crippen LogP contribution is -2.33. The summed E-state index contributed by atoms with van der Waals surface area (Å²) in [4.78, 5) is 1.97. The lowest BCUT2D eigenvalue weighted by Gasteiger charge is -2.36. The van der Waals surface area contributed by atoms with Crippen molar-refractivity contribution in [1.82, 2.24) is 4.90 Å². The summed E-state index contributed by atoms with van der Waals surface area (Å²) in [7, 11) is -0.745. The first-order valence-corrected chi connectivity index (χ1v) is 11.5. The topological polar surface area (TPSA) is 59.0 Å².